The highest BCUT2D eigenvalue weighted by atomic mass is 16.6. The number of ether oxygens (including phenoxy) is 1. The van der Waals surface area contributed by atoms with Crippen LogP contribution < -0.4 is 10.1 Å². The molecule has 0 heterocycles. The lowest BCUT2D eigenvalue weighted by Gasteiger charge is -2.10. The van der Waals surface area contributed by atoms with Gasteiger partial charge in [0.15, 0.2) is 0 Å². The molecular weight excluding hydrogens is 356 g/mol. The molecule has 0 atom stereocenters. The zero-order valence-corrected chi connectivity index (χ0v) is 15.4. The van der Waals surface area contributed by atoms with Crippen LogP contribution in [0.15, 0.2) is 72.8 Å². The molecule has 3 aromatic rings. The first kappa shape index (κ1) is 19.1. The summed E-state index contributed by atoms with van der Waals surface area (Å²) in [6.07, 6.45) is 0.768. The number of hydrogen-bond donors (Lipinski definition) is 1. The molecule has 0 aliphatic carbocycles. The summed E-state index contributed by atoms with van der Waals surface area (Å²) in [5, 5.41) is 13.7. The van der Waals surface area contributed by atoms with E-state index in [0.29, 0.717) is 23.6 Å². The topological polar surface area (TPSA) is 81.5 Å². The summed E-state index contributed by atoms with van der Waals surface area (Å²) in [6.45, 7) is 2.28. The van der Waals surface area contributed by atoms with Gasteiger partial charge in [-0.05, 0) is 36.2 Å². The van der Waals surface area contributed by atoms with Crippen molar-refractivity contribution in [1.29, 1.82) is 0 Å². The molecule has 0 aliphatic rings. The lowest BCUT2D eigenvalue weighted by molar-refractivity contribution is -0.384. The van der Waals surface area contributed by atoms with Gasteiger partial charge >= 0.3 is 0 Å². The van der Waals surface area contributed by atoms with Gasteiger partial charge in [0.2, 0.25) is 0 Å². The van der Waals surface area contributed by atoms with Gasteiger partial charge in [-0.3, -0.25) is 14.9 Å². The fraction of sp³-hybridized carbons (Fsp3) is 0.136. The fourth-order valence-electron chi connectivity index (χ4n) is 2.71. The predicted octanol–water partition coefficient (Wildman–Crippen LogP) is 4.78. The van der Waals surface area contributed by atoms with Crippen molar-refractivity contribution in [3.8, 4) is 5.75 Å². The molecule has 0 saturated carbocycles. The Kier molecular flexibility index (Phi) is 6.01. The number of hydrogen-bond acceptors (Lipinski definition) is 4. The van der Waals surface area contributed by atoms with E-state index in [1.54, 1.807) is 37.3 Å². The van der Waals surface area contributed by atoms with Crippen LogP contribution in [0.2, 0.25) is 0 Å². The molecule has 0 bridgehead atoms. The number of aryl methyl sites for hydroxylation is 1. The predicted molar refractivity (Wildman–Crippen MR) is 108 cm³/mol. The Morgan fingerprint density at radius 3 is 2.57 bits per heavy atom. The van der Waals surface area contributed by atoms with Gasteiger partial charge in [-0.15, -0.1) is 0 Å². The highest BCUT2D eigenvalue weighted by molar-refractivity contribution is 6.05. The minimum absolute atomic E-state index is 0.0705. The van der Waals surface area contributed by atoms with Gasteiger partial charge in [0.05, 0.1) is 17.2 Å². The van der Waals surface area contributed by atoms with Crippen molar-refractivity contribution in [2.45, 2.75) is 13.3 Å². The van der Waals surface area contributed by atoms with Crippen molar-refractivity contribution in [3.05, 3.63) is 99.6 Å². The van der Waals surface area contributed by atoms with Gasteiger partial charge in [0, 0.05) is 24.1 Å². The molecule has 0 spiro atoms. The third kappa shape index (κ3) is 4.94. The summed E-state index contributed by atoms with van der Waals surface area (Å²) in [4.78, 5) is 23.0. The summed E-state index contributed by atoms with van der Waals surface area (Å²) < 4.78 is 5.76. The zero-order valence-electron chi connectivity index (χ0n) is 15.4. The molecule has 0 radical (unpaired) electrons. The monoisotopic (exact) mass is 376 g/mol. The summed E-state index contributed by atoms with van der Waals surface area (Å²) in [7, 11) is 0. The number of anilines is 1. The van der Waals surface area contributed by atoms with Gasteiger partial charge in [-0.2, -0.15) is 0 Å². The van der Waals surface area contributed by atoms with Crippen LogP contribution in [0.25, 0.3) is 0 Å². The molecule has 6 heteroatoms. The van der Waals surface area contributed by atoms with Gasteiger partial charge in [-0.25, -0.2) is 0 Å². The third-order valence-corrected chi connectivity index (χ3v) is 4.28. The zero-order chi connectivity index (χ0) is 19.9. The van der Waals surface area contributed by atoms with E-state index in [9.17, 15) is 14.9 Å². The van der Waals surface area contributed by atoms with Crippen LogP contribution in [0.4, 0.5) is 11.4 Å². The second-order valence-corrected chi connectivity index (χ2v) is 6.32. The van der Waals surface area contributed by atoms with Crippen LogP contribution in [0, 0.1) is 17.0 Å². The maximum absolute atomic E-state index is 12.6. The SMILES string of the molecule is Cc1ccc([N+](=O)[O-])cc1NC(=O)c1cccc(OCCc2ccccc2)c1. The molecule has 0 saturated heterocycles. The molecule has 28 heavy (non-hydrogen) atoms. The second kappa shape index (κ2) is 8.81. The number of nitrogens with zero attached hydrogens (tertiary/aromatic N) is 1. The number of carbonyl (C=O) groups excluding carboxylic acids is 1. The number of carbonyl (C=O) groups is 1. The fourth-order valence-corrected chi connectivity index (χ4v) is 2.71. The molecule has 1 amide bonds. The van der Waals surface area contributed by atoms with E-state index >= 15 is 0 Å². The van der Waals surface area contributed by atoms with Gasteiger partial charge in [0.25, 0.3) is 11.6 Å². The van der Waals surface area contributed by atoms with Crippen LogP contribution in [-0.2, 0) is 6.42 Å². The number of nitrogens with one attached hydrogen (secondary N) is 1. The molecule has 3 aromatic carbocycles. The highest BCUT2D eigenvalue weighted by Crippen LogP contribution is 2.23. The summed E-state index contributed by atoms with van der Waals surface area (Å²) >= 11 is 0. The van der Waals surface area contributed by atoms with E-state index in [1.165, 1.54) is 17.7 Å². The molecule has 142 valence electrons. The van der Waals surface area contributed by atoms with Gasteiger partial charge < -0.3 is 10.1 Å². The maximum Gasteiger partial charge on any atom is 0.271 e. The molecular formula is C22H20N2O4. The molecule has 1 N–H and O–H groups in total. The molecule has 0 aliphatic heterocycles. The van der Waals surface area contributed by atoms with Crippen LogP contribution in [0.1, 0.15) is 21.5 Å². The molecule has 3 rings (SSSR count). The van der Waals surface area contributed by atoms with Crippen molar-refractivity contribution in [1.82, 2.24) is 0 Å². The van der Waals surface area contributed by atoms with Gasteiger partial charge in [0.1, 0.15) is 5.75 Å². The molecule has 0 fully saturated rings. The minimum Gasteiger partial charge on any atom is -0.493 e. The number of non-ortho nitro benzene ring substituents is 1. The molecule has 6 nitrogen and oxygen atoms in total. The summed E-state index contributed by atoms with van der Waals surface area (Å²) in [6, 6.07) is 21.2. The van der Waals surface area contributed by atoms with Crippen molar-refractivity contribution in [3.63, 3.8) is 0 Å². The quantitative estimate of drug-likeness (QED) is 0.475. The third-order valence-electron chi connectivity index (χ3n) is 4.28. The van der Waals surface area contributed by atoms with E-state index < -0.39 is 4.92 Å². The molecule has 0 aromatic heterocycles. The highest BCUT2D eigenvalue weighted by Gasteiger charge is 2.13. The Morgan fingerprint density at radius 2 is 1.82 bits per heavy atom. The second-order valence-electron chi connectivity index (χ2n) is 6.32. The standard InChI is InChI=1S/C22H20N2O4/c1-16-10-11-19(24(26)27)15-21(16)23-22(25)18-8-5-9-20(14-18)28-13-12-17-6-3-2-4-7-17/h2-11,14-15H,12-13H2,1H3,(H,23,25). The van der Waals surface area contributed by atoms with Crippen molar-refractivity contribution < 1.29 is 14.5 Å². The van der Waals surface area contributed by atoms with E-state index in [0.717, 1.165) is 12.0 Å². The van der Waals surface area contributed by atoms with Crippen LogP contribution in [0.5, 0.6) is 5.75 Å². The van der Waals surface area contributed by atoms with Crippen LogP contribution in [0.3, 0.4) is 0 Å². The van der Waals surface area contributed by atoms with E-state index in [4.69, 9.17) is 4.74 Å². The first-order valence-electron chi connectivity index (χ1n) is 8.86. The Labute approximate surface area is 162 Å². The van der Waals surface area contributed by atoms with Crippen molar-refractivity contribution in [2.24, 2.45) is 0 Å². The number of nitro groups is 1. The average Bonchev–Trinajstić information content (AvgIpc) is 2.70. The number of amides is 1. The van der Waals surface area contributed by atoms with Crippen molar-refractivity contribution in [2.75, 3.05) is 11.9 Å². The smallest absolute Gasteiger partial charge is 0.271 e. The normalized spacial score (nSPS) is 10.3. The Balaban J connectivity index is 1.65. The van der Waals surface area contributed by atoms with Crippen LogP contribution >= 0.6 is 0 Å². The van der Waals surface area contributed by atoms with Crippen molar-refractivity contribution >= 4 is 17.3 Å². The average molecular weight is 376 g/mol. The molecule has 0 unspecified atom stereocenters. The Morgan fingerprint density at radius 1 is 1.04 bits per heavy atom. The minimum atomic E-state index is -0.490. The lowest BCUT2D eigenvalue weighted by atomic mass is 10.1. The first-order chi connectivity index (χ1) is 13.5. The van der Waals surface area contributed by atoms with E-state index in [-0.39, 0.29) is 11.6 Å². The number of rotatable bonds is 7. The number of benzene rings is 3. The Hall–Kier alpha value is -3.67. The summed E-state index contributed by atoms with van der Waals surface area (Å²) in [5.74, 6) is 0.247. The van der Waals surface area contributed by atoms with Gasteiger partial charge in [-0.1, -0.05) is 42.5 Å². The van der Waals surface area contributed by atoms with Crippen LogP contribution in [-0.4, -0.2) is 17.4 Å². The lowest BCUT2D eigenvalue weighted by Crippen LogP contribution is -2.13. The number of nitro benzene ring substituents is 1. The van der Waals surface area contributed by atoms with E-state index in [2.05, 4.69) is 5.32 Å². The largest absolute Gasteiger partial charge is 0.493 e. The first-order valence-corrected chi connectivity index (χ1v) is 8.86. The summed E-state index contributed by atoms with van der Waals surface area (Å²) in [5.41, 5.74) is 2.68. The van der Waals surface area contributed by atoms with E-state index in [1.807, 2.05) is 30.3 Å². The maximum atomic E-state index is 12.6. The Bertz CT molecular complexity index is 987.